The van der Waals surface area contributed by atoms with Crippen molar-refractivity contribution in [2.75, 3.05) is 6.54 Å². The molecule has 3 N–H and O–H groups in total. The van der Waals surface area contributed by atoms with Gasteiger partial charge in [-0.3, -0.25) is 4.79 Å². The number of pyridine rings is 1. The molecular formula is C24H27N3O2. The Morgan fingerprint density at radius 1 is 1.00 bits per heavy atom. The van der Waals surface area contributed by atoms with Crippen molar-refractivity contribution in [3.05, 3.63) is 89.6 Å². The Morgan fingerprint density at radius 3 is 2.34 bits per heavy atom. The van der Waals surface area contributed by atoms with Crippen LogP contribution in [0.4, 0.5) is 0 Å². The van der Waals surface area contributed by atoms with Crippen molar-refractivity contribution in [2.24, 2.45) is 5.73 Å². The molecule has 29 heavy (non-hydrogen) atoms. The van der Waals surface area contributed by atoms with Crippen LogP contribution in [0.25, 0.3) is 0 Å². The first-order valence-electron chi connectivity index (χ1n) is 9.73. The van der Waals surface area contributed by atoms with Crippen molar-refractivity contribution in [1.82, 2.24) is 10.3 Å². The SMILES string of the molecule is CC(C)(Cc1ccc(Oc2ccc(C(N)=O)cn2)cc1)NCCc1ccccc1. The molecule has 0 saturated heterocycles. The zero-order valence-electron chi connectivity index (χ0n) is 16.9. The van der Waals surface area contributed by atoms with Gasteiger partial charge in [-0.1, -0.05) is 42.5 Å². The van der Waals surface area contributed by atoms with Crippen LogP contribution >= 0.6 is 0 Å². The molecular weight excluding hydrogens is 362 g/mol. The van der Waals surface area contributed by atoms with Gasteiger partial charge >= 0.3 is 0 Å². The maximum atomic E-state index is 11.1. The van der Waals surface area contributed by atoms with Crippen molar-refractivity contribution >= 4 is 5.91 Å². The predicted molar refractivity (Wildman–Crippen MR) is 115 cm³/mol. The summed E-state index contributed by atoms with van der Waals surface area (Å²) in [6.07, 6.45) is 3.34. The zero-order valence-corrected chi connectivity index (χ0v) is 16.9. The predicted octanol–water partition coefficient (Wildman–Crippen LogP) is 4.13. The molecule has 0 bridgehead atoms. The summed E-state index contributed by atoms with van der Waals surface area (Å²) >= 11 is 0. The van der Waals surface area contributed by atoms with E-state index >= 15 is 0 Å². The molecule has 0 fully saturated rings. The Bertz CT molecular complexity index is 921. The highest BCUT2D eigenvalue weighted by Gasteiger charge is 2.17. The largest absolute Gasteiger partial charge is 0.439 e. The number of aromatic nitrogens is 1. The molecule has 5 heteroatoms. The molecule has 0 atom stereocenters. The van der Waals surface area contributed by atoms with Crippen LogP contribution in [0.3, 0.4) is 0 Å². The number of amides is 1. The van der Waals surface area contributed by atoms with Crippen molar-refractivity contribution in [1.29, 1.82) is 0 Å². The van der Waals surface area contributed by atoms with E-state index in [1.165, 1.54) is 17.3 Å². The number of nitrogens with zero attached hydrogens (tertiary/aromatic N) is 1. The summed E-state index contributed by atoms with van der Waals surface area (Å²) in [5, 5.41) is 3.65. The molecule has 2 aromatic carbocycles. The highest BCUT2D eigenvalue weighted by molar-refractivity contribution is 5.92. The third-order valence-electron chi connectivity index (χ3n) is 4.67. The van der Waals surface area contributed by atoms with Crippen LogP contribution in [0.1, 0.15) is 35.3 Å². The average Bonchev–Trinajstić information content (AvgIpc) is 2.70. The number of hydrogen-bond donors (Lipinski definition) is 2. The minimum atomic E-state index is -0.506. The van der Waals surface area contributed by atoms with Crippen LogP contribution in [-0.4, -0.2) is 23.0 Å². The molecule has 5 nitrogen and oxygen atoms in total. The Labute approximate surface area is 171 Å². The fraction of sp³-hybridized carbons (Fsp3) is 0.250. The maximum Gasteiger partial charge on any atom is 0.250 e. The highest BCUT2D eigenvalue weighted by Crippen LogP contribution is 2.21. The fourth-order valence-electron chi connectivity index (χ4n) is 3.15. The Balaban J connectivity index is 1.51. The summed E-state index contributed by atoms with van der Waals surface area (Å²) in [5.41, 5.74) is 8.13. The molecule has 1 amide bonds. The number of nitrogens with two attached hydrogens (primary N) is 1. The van der Waals surface area contributed by atoms with E-state index in [4.69, 9.17) is 10.5 Å². The molecule has 1 aromatic heterocycles. The molecule has 0 radical (unpaired) electrons. The second-order valence-electron chi connectivity index (χ2n) is 7.72. The van der Waals surface area contributed by atoms with Gasteiger partial charge in [0.1, 0.15) is 5.75 Å². The van der Waals surface area contributed by atoms with E-state index in [1.807, 2.05) is 18.2 Å². The second kappa shape index (κ2) is 9.34. The van der Waals surface area contributed by atoms with Gasteiger partial charge in [-0.25, -0.2) is 4.98 Å². The van der Waals surface area contributed by atoms with Crippen LogP contribution in [0.5, 0.6) is 11.6 Å². The van der Waals surface area contributed by atoms with Crippen LogP contribution in [0.2, 0.25) is 0 Å². The van der Waals surface area contributed by atoms with Gasteiger partial charge in [0.15, 0.2) is 0 Å². The van der Waals surface area contributed by atoms with Gasteiger partial charge in [0.05, 0.1) is 5.56 Å². The fourth-order valence-corrected chi connectivity index (χ4v) is 3.15. The Kier molecular flexibility index (Phi) is 6.62. The molecule has 0 aliphatic carbocycles. The average molecular weight is 389 g/mol. The second-order valence-corrected chi connectivity index (χ2v) is 7.72. The number of hydrogen-bond acceptors (Lipinski definition) is 4. The lowest BCUT2D eigenvalue weighted by atomic mass is 9.94. The van der Waals surface area contributed by atoms with E-state index in [-0.39, 0.29) is 5.54 Å². The summed E-state index contributed by atoms with van der Waals surface area (Å²) in [7, 11) is 0. The Morgan fingerprint density at radius 2 is 1.72 bits per heavy atom. The van der Waals surface area contributed by atoms with Crippen LogP contribution in [-0.2, 0) is 12.8 Å². The lowest BCUT2D eigenvalue weighted by Crippen LogP contribution is -2.42. The summed E-state index contributed by atoms with van der Waals surface area (Å²) in [6, 6.07) is 21.7. The van der Waals surface area contributed by atoms with Gasteiger partial charge < -0.3 is 15.8 Å². The van der Waals surface area contributed by atoms with Gasteiger partial charge in [-0.15, -0.1) is 0 Å². The van der Waals surface area contributed by atoms with Crippen LogP contribution in [0.15, 0.2) is 72.9 Å². The quantitative estimate of drug-likeness (QED) is 0.577. The third kappa shape index (κ3) is 6.43. The summed E-state index contributed by atoms with van der Waals surface area (Å²) in [5.74, 6) is 0.613. The molecule has 0 unspecified atom stereocenters. The van der Waals surface area contributed by atoms with Gasteiger partial charge in [0, 0.05) is 17.8 Å². The lowest BCUT2D eigenvalue weighted by Gasteiger charge is -2.27. The van der Waals surface area contributed by atoms with Gasteiger partial charge in [0.2, 0.25) is 11.8 Å². The summed E-state index contributed by atoms with van der Waals surface area (Å²) < 4.78 is 5.73. The summed E-state index contributed by atoms with van der Waals surface area (Å²) in [6.45, 7) is 5.37. The lowest BCUT2D eigenvalue weighted by molar-refractivity contribution is 0.1000. The van der Waals surface area contributed by atoms with E-state index in [2.05, 4.69) is 60.5 Å². The first kappa shape index (κ1) is 20.6. The van der Waals surface area contributed by atoms with E-state index in [0.717, 1.165) is 19.4 Å². The molecule has 3 rings (SSSR count). The van der Waals surface area contributed by atoms with Crippen molar-refractivity contribution < 1.29 is 9.53 Å². The third-order valence-corrected chi connectivity index (χ3v) is 4.67. The zero-order chi connectivity index (χ0) is 20.7. The minimum absolute atomic E-state index is 0.0106. The van der Waals surface area contributed by atoms with Crippen molar-refractivity contribution in [2.45, 2.75) is 32.2 Å². The number of carbonyl (C=O) groups is 1. The number of carbonyl (C=O) groups excluding carboxylic acids is 1. The van der Waals surface area contributed by atoms with Gasteiger partial charge in [-0.2, -0.15) is 0 Å². The molecule has 0 spiro atoms. The first-order valence-corrected chi connectivity index (χ1v) is 9.73. The smallest absolute Gasteiger partial charge is 0.250 e. The molecule has 0 saturated carbocycles. The number of rotatable bonds is 9. The molecule has 0 aliphatic rings. The molecule has 0 aliphatic heterocycles. The molecule has 3 aromatic rings. The standard InChI is InChI=1S/C24H27N3O2/c1-24(2,27-15-14-18-6-4-3-5-7-18)16-19-8-11-21(12-9-19)29-22-13-10-20(17-26-22)23(25)28/h3-13,17,27H,14-16H2,1-2H3,(H2,25,28). The number of primary amides is 1. The Hall–Kier alpha value is -3.18. The van der Waals surface area contributed by atoms with Crippen molar-refractivity contribution in [3.8, 4) is 11.6 Å². The van der Waals surface area contributed by atoms with E-state index in [9.17, 15) is 4.79 Å². The van der Waals surface area contributed by atoms with Crippen LogP contribution in [0, 0.1) is 0 Å². The normalized spacial score (nSPS) is 11.2. The van der Waals surface area contributed by atoms with E-state index in [1.54, 1.807) is 12.1 Å². The maximum absolute atomic E-state index is 11.1. The van der Waals surface area contributed by atoms with Gasteiger partial charge in [-0.05, 0) is 62.6 Å². The number of nitrogens with one attached hydrogen (secondary N) is 1. The highest BCUT2D eigenvalue weighted by atomic mass is 16.5. The van der Waals surface area contributed by atoms with Crippen molar-refractivity contribution in [3.63, 3.8) is 0 Å². The molecule has 150 valence electrons. The first-order chi connectivity index (χ1) is 13.9. The number of ether oxygens (including phenoxy) is 1. The molecule has 1 heterocycles. The van der Waals surface area contributed by atoms with E-state index < -0.39 is 5.91 Å². The van der Waals surface area contributed by atoms with Gasteiger partial charge in [0.25, 0.3) is 0 Å². The van der Waals surface area contributed by atoms with E-state index in [0.29, 0.717) is 17.2 Å². The minimum Gasteiger partial charge on any atom is -0.439 e. The summed E-state index contributed by atoms with van der Waals surface area (Å²) in [4.78, 5) is 15.2. The monoisotopic (exact) mass is 389 g/mol. The topological polar surface area (TPSA) is 77.2 Å². The number of benzene rings is 2. The van der Waals surface area contributed by atoms with Crippen LogP contribution < -0.4 is 15.8 Å².